The van der Waals surface area contributed by atoms with E-state index in [9.17, 15) is 0 Å². The van der Waals surface area contributed by atoms with Gasteiger partial charge in [-0.1, -0.05) is 32.1 Å². The van der Waals surface area contributed by atoms with E-state index < -0.39 is 0 Å². The van der Waals surface area contributed by atoms with E-state index in [-0.39, 0.29) is 0 Å². The highest BCUT2D eigenvalue weighted by Gasteiger charge is 2.19. The van der Waals surface area contributed by atoms with Crippen LogP contribution in [0.5, 0.6) is 11.5 Å². The predicted octanol–water partition coefficient (Wildman–Crippen LogP) is 3.82. The van der Waals surface area contributed by atoms with Crippen molar-refractivity contribution >= 4 is 12.2 Å². The molecule has 1 fully saturated rings. The molecule has 122 valence electrons. The Balaban J connectivity index is 1.65. The lowest BCUT2D eigenvalue weighted by Crippen LogP contribution is -2.16. The Morgan fingerprint density at radius 1 is 1.13 bits per heavy atom. The van der Waals surface area contributed by atoms with E-state index >= 15 is 0 Å². The van der Waals surface area contributed by atoms with Gasteiger partial charge in [0.05, 0.1) is 5.69 Å². The average molecular weight is 331 g/mol. The maximum absolute atomic E-state index is 5.69. The minimum absolute atomic E-state index is 0.585. The van der Waals surface area contributed by atoms with Crippen LogP contribution in [0.4, 0.5) is 0 Å². The van der Waals surface area contributed by atoms with Crippen molar-refractivity contribution in [1.82, 2.24) is 14.8 Å². The van der Waals surface area contributed by atoms with Crippen molar-refractivity contribution in [2.75, 3.05) is 13.2 Å². The Kier molecular flexibility index (Phi) is 4.08. The zero-order chi connectivity index (χ0) is 15.6. The van der Waals surface area contributed by atoms with Crippen molar-refractivity contribution in [2.45, 2.75) is 38.5 Å². The highest BCUT2D eigenvalue weighted by atomic mass is 32.1. The third-order valence-corrected chi connectivity index (χ3v) is 5.00. The van der Waals surface area contributed by atoms with Gasteiger partial charge in [0.15, 0.2) is 16.3 Å². The summed E-state index contributed by atoms with van der Waals surface area (Å²) in [6.07, 6.45) is 7.59. The Morgan fingerprint density at radius 2 is 1.91 bits per heavy atom. The third kappa shape index (κ3) is 3.00. The molecule has 2 heterocycles. The summed E-state index contributed by atoms with van der Waals surface area (Å²) in [5, 5.41) is 7.42. The molecule has 1 aliphatic heterocycles. The SMILES string of the molecule is S=c1[nH]nc(CC2CCCCC2)n1-c1ccc2c(c1)OCCO2. The molecule has 0 amide bonds. The van der Waals surface area contributed by atoms with Gasteiger partial charge in [-0.2, -0.15) is 5.10 Å². The number of H-pyrrole nitrogens is 1. The minimum atomic E-state index is 0.585. The van der Waals surface area contributed by atoms with Crippen molar-refractivity contribution in [3.8, 4) is 17.2 Å². The Morgan fingerprint density at radius 3 is 2.74 bits per heavy atom. The molecular weight excluding hydrogens is 310 g/mol. The molecule has 0 bridgehead atoms. The Hall–Kier alpha value is -1.82. The quantitative estimate of drug-likeness (QED) is 0.869. The molecule has 0 atom stereocenters. The summed E-state index contributed by atoms with van der Waals surface area (Å²) < 4.78 is 13.9. The van der Waals surface area contributed by atoms with Crippen molar-refractivity contribution in [2.24, 2.45) is 5.92 Å². The van der Waals surface area contributed by atoms with Gasteiger partial charge in [-0.15, -0.1) is 0 Å². The Bertz CT molecular complexity index is 747. The molecule has 1 N–H and O–H groups in total. The number of aromatic nitrogens is 3. The predicted molar refractivity (Wildman–Crippen MR) is 90.0 cm³/mol. The first-order chi connectivity index (χ1) is 11.3. The van der Waals surface area contributed by atoms with Gasteiger partial charge in [0.25, 0.3) is 0 Å². The molecule has 23 heavy (non-hydrogen) atoms. The van der Waals surface area contributed by atoms with Crippen LogP contribution in [-0.2, 0) is 6.42 Å². The highest BCUT2D eigenvalue weighted by Crippen LogP contribution is 2.33. The summed E-state index contributed by atoms with van der Waals surface area (Å²) in [6.45, 7) is 1.19. The number of hydrogen-bond donors (Lipinski definition) is 1. The second-order valence-corrected chi connectivity index (χ2v) is 6.70. The maximum atomic E-state index is 5.69. The molecule has 2 aliphatic rings. The number of benzene rings is 1. The van der Waals surface area contributed by atoms with Crippen LogP contribution in [0.2, 0.25) is 0 Å². The zero-order valence-corrected chi connectivity index (χ0v) is 13.9. The van der Waals surface area contributed by atoms with Gasteiger partial charge in [0.1, 0.15) is 19.0 Å². The maximum Gasteiger partial charge on any atom is 0.199 e. The fraction of sp³-hybridized carbons (Fsp3) is 0.529. The fourth-order valence-electron chi connectivity index (χ4n) is 3.55. The van der Waals surface area contributed by atoms with Gasteiger partial charge in [0, 0.05) is 12.5 Å². The standard InChI is InChI=1S/C17H21N3O2S/c23-17-19-18-16(10-12-4-2-1-3-5-12)20(17)13-6-7-14-15(11-13)22-9-8-21-14/h6-7,11-12H,1-5,8-10H2,(H,19,23). The molecule has 2 aromatic rings. The van der Waals surface area contributed by atoms with Crippen LogP contribution in [0.15, 0.2) is 18.2 Å². The van der Waals surface area contributed by atoms with Crippen molar-refractivity contribution in [3.63, 3.8) is 0 Å². The summed E-state index contributed by atoms with van der Waals surface area (Å²) in [4.78, 5) is 0. The summed E-state index contributed by atoms with van der Waals surface area (Å²) >= 11 is 5.45. The van der Waals surface area contributed by atoms with Crippen molar-refractivity contribution in [3.05, 3.63) is 28.8 Å². The third-order valence-electron chi connectivity index (χ3n) is 4.72. The average Bonchev–Trinajstić information content (AvgIpc) is 2.96. The van der Waals surface area contributed by atoms with Gasteiger partial charge in [-0.05, 0) is 30.3 Å². The fourth-order valence-corrected chi connectivity index (χ4v) is 3.81. The molecule has 0 radical (unpaired) electrons. The van der Waals surface area contributed by atoms with Crippen LogP contribution in [0.1, 0.15) is 37.9 Å². The number of rotatable bonds is 3. The lowest BCUT2D eigenvalue weighted by atomic mass is 9.87. The molecule has 0 unspecified atom stereocenters. The van der Waals surface area contributed by atoms with E-state index in [0.29, 0.717) is 23.9 Å². The molecule has 0 saturated heterocycles. The van der Waals surface area contributed by atoms with Crippen LogP contribution in [-0.4, -0.2) is 28.0 Å². The lowest BCUT2D eigenvalue weighted by Gasteiger charge is -2.22. The van der Waals surface area contributed by atoms with Crippen LogP contribution in [0.25, 0.3) is 5.69 Å². The molecule has 1 aliphatic carbocycles. The van der Waals surface area contributed by atoms with Crippen molar-refractivity contribution in [1.29, 1.82) is 0 Å². The molecular formula is C17H21N3O2S. The first kappa shape index (κ1) is 14.8. The van der Waals surface area contributed by atoms with Gasteiger partial charge in [-0.25, -0.2) is 0 Å². The first-order valence-electron chi connectivity index (χ1n) is 8.37. The number of hydrogen-bond acceptors (Lipinski definition) is 4. The number of ether oxygens (including phenoxy) is 2. The highest BCUT2D eigenvalue weighted by molar-refractivity contribution is 7.71. The molecule has 4 rings (SSSR count). The van der Waals surface area contributed by atoms with Gasteiger partial charge in [-0.3, -0.25) is 9.67 Å². The summed E-state index contributed by atoms with van der Waals surface area (Å²) in [7, 11) is 0. The topological polar surface area (TPSA) is 52.1 Å². The molecule has 1 saturated carbocycles. The summed E-state index contributed by atoms with van der Waals surface area (Å²) in [5.41, 5.74) is 0.985. The van der Waals surface area contributed by atoms with Crippen LogP contribution < -0.4 is 9.47 Å². The van der Waals surface area contributed by atoms with Crippen LogP contribution >= 0.6 is 12.2 Å². The van der Waals surface area contributed by atoms with E-state index in [1.807, 2.05) is 22.8 Å². The van der Waals surface area contributed by atoms with E-state index in [4.69, 9.17) is 21.7 Å². The van der Waals surface area contributed by atoms with Crippen LogP contribution in [0, 0.1) is 10.7 Å². The molecule has 6 heteroatoms. The van der Waals surface area contributed by atoms with Crippen molar-refractivity contribution < 1.29 is 9.47 Å². The summed E-state index contributed by atoms with van der Waals surface area (Å²) in [5.74, 6) is 3.30. The molecule has 1 aromatic carbocycles. The molecule has 5 nitrogen and oxygen atoms in total. The lowest BCUT2D eigenvalue weighted by molar-refractivity contribution is 0.171. The van der Waals surface area contributed by atoms with Gasteiger partial charge >= 0.3 is 0 Å². The smallest absolute Gasteiger partial charge is 0.199 e. The minimum Gasteiger partial charge on any atom is -0.486 e. The van der Waals surface area contributed by atoms with E-state index in [1.54, 1.807) is 0 Å². The second-order valence-electron chi connectivity index (χ2n) is 6.32. The van der Waals surface area contributed by atoms with E-state index in [0.717, 1.165) is 29.4 Å². The number of nitrogens with one attached hydrogen (secondary N) is 1. The largest absolute Gasteiger partial charge is 0.486 e. The monoisotopic (exact) mass is 331 g/mol. The number of nitrogens with zero attached hydrogens (tertiary/aromatic N) is 2. The molecule has 1 aromatic heterocycles. The van der Waals surface area contributed by atoms with Gasteiger partial charge < -0.3 is 9.47 Å². The van der Waals surface area contributed by atoms with E-state index in [1.165, 1.54) is 32.1 Å². The second kappa shape index (κ2) is 6.35. The van der Waals surface area contributed by atoms with Gasteiger partial charge in [0.2, 0.25) is 0 Å². The number of aromatic amines is 1. The Labute approximate surface area is 140 Å². The van der Waals surface area contributed by atoms with Crippen LogP contribution in [0.3, 0.4) is 0 Å². The normalized spacial score (nSPS) is 18.1. The summed E-state index contributed by atoms with van der Waals surface area (Å²) in [6, 6.07) is 5.95. The first-order valence-corrected chi connectivity index (χ1v) is 8.78. The number of fused-ring (bicyclic) bond motifs is 1. The van der Waals surface area contributed by atoms with E-state index in [2.05, 4.69) is 10.2 Å². The molecule has 0 spiro atoms. The zero-order valence-electron chi connectivity index (χ0n) is 13.1.